The fourth-order valence-electron chi connectivity index (χ4n) is 4.24. The standard InChI is InChI=1S/C27H25N5O2S/c1-31-16-14-19(17-31)26-25(23-9-5-6-15-28-23)30-27(35)32(26)21-12-10-20(11-13-21)29-24(33)18-34-22-7-3-2-4-8-22/h2-17,25-26H,18H2,1H3,(H,29,33)(H,30,35)/t25-,26+/m1/s1. The van der Waals surface area contributed by atoms with Crippen molar-refractivity contribution >= 4 is 34.6 Å². The Hall–Kier alpha value is -4.17. The topological polar surface area (TPSA) is 71.4 Å². The van der Waals surface area contributed by atoms with Gasteiger partial charge in [-0.1, -0.05) is 24.3 Å². The number of para-hydroxylation sites is 1. The number of pyridine rings is 1. The van der Waals surface area contributed by atoms with Gasteiger partial charge in [-0.15, -0.1) is 0 Å². The minimum absolute atomic E-state index is 0.0618. The van der Waals surface area contributed by atoms with Crippen LogP contribution in [0.3, 0.4) is 0 Å². The summed E-state index contributed by atoms with van der Waals surface area (Å²) in [7, 11) is 2.00. The van der Waals surface area contributed by atoms with Gasteiger partial charge in [0.2, 0.25) is 0 Å². The molecule has 1 amide bonds. The van der Waals surface area contributed by atoms with Gasteiger partial charge in [0.15, 0.2) is 11.7 Å². The van der Waals surface area contributed by atoms with Crippen LogP contribution in [0.2, 0.25) is 0 Å². The molecule has 0 radical (unpaired) electrons. The van der Waals surface area contributed by atoms with Crippen LogP contribution >= 0.6 is 12.2 Å². The van der Waals surface area contributed by atoms with Crippen LogP contribution in [0, 0.1) is 0 Å². The van der Waals surface area contributed by atoms with Gasteiger partial charge in [0.05, 0.1) is 17.8 Å². The molecule has 2 N–H and O–H groups in total. The van der Waals surface area contributed by atoms with Crippen molar-refractivity contribution < 1.29 is 9.53 Å². The quantitative estimate of drug-likeness (QED) is 0.374. The van der Waals surface area contributed by atoms with E-state index in [4.69, 9.17) is 17.0 Å². The minimum atomic E-state index is -0.225. The van der Waals surface area contributed by atoms with E-state index in [1.165, 1.54) is 0 Å². The third-order valence-electron chi connectivity index (χ3n) is 5.84. The first-order valence-electron chi connectivity index (χ1n) is 11.3. The highest BCUT2D eigenvalue weighted by atomic mass is 32.1. The number of nitrogens with one attached hydrogen (secondary N) is 2. The molecular weight excluding hydrogens is 458 g/mol. The zero-order valence-electron chi connectivity index (χ0n) is 19.2. The zero-order chi connectivity index (χ0) is 24.2. The van der Waals surface area contributed by atoms with Crippen molar-refractivity contribution in [2.45, 2.75) is 12.1 Å². The smallest absolute Gasteiger partial charge is 0.262 e. The molecule has 0 aliphatic carbocycles. The molecule has 3 heterocycles. The Morgan fingerprint density at radius 1 is 1.06 bits per heavy atom. The number of hydrogen-bond donors (Lipinski definition) is 2. The molecule has 0 unspecified atom stereocenters. The third-order valence-corrected chi connectivity index (χ3v) is 6.15. The van der Waals surface area contributed by atoms with Gasteiger partial charge in [-0.25, -0.2) is 0 Å². The number of aryl methyl sites for hydroxylation is 1. The average molecular weight is 484 g/mol. The van der Waals surface area contributed by atoms with Crippen LogP contribution in [0.4, 0.5) is 11.4 Å². The summed E-state index contributed by atoms with van der Waals surface area (Å²) in [6.07, 6.45) is 5.93. The fourth-order valence-corrected chi connectivity index (χ4v) is 4.59. The molecule has 4 aromatic rings. The maximum absolute atomic E-state index is 12.3. The summed E-state index contributed by atoms with van der Waals surface area (Å²) < 4.78 is 7.55. The van der Waals surface area contributed by atoms with Gasteiger partial charge >= 0.3 is 0 Å². The average Bonchev–Trinajstić information content (AvgIpc) is 3.47. The molecular formula is C27H25N5O2S. The molecule has 1 fully saturated rings. The zero-order valence-corrected chi connectivity index (χ0v) is 20.0. The number of ether oxygens (including phenoxy) is 1. The maximum atomic E-state index is 12.3. The molecule has 8 heteroatoms. The van der Waals surface area contributed by atoms with Gasteiger partial charge in [-0.05, 0) is 72.4 Å². The van der Waals surface area contributed by atoms with E-state index in [0.29, 0.717) is 16.5 Å². The van der Waals surface area contributed by atoms with Crippen molar-refractivity contribution in [1.82, 2.24) is 14.9 Å². The van der Waals surface area contributed by atoms with Gasteiger partial charge in [-0.3, -0.25) is 9.78 Å². The van der Waals surface area contributed by atoms with Crippen LogP contribution in [0.1, 0.15) is 23.3 Å². The van der Waals surface area contributed by atoms with Gasteiger partial charge in [-0.2, -0.15) is 0 Å². The summed E-state index contributed by atoms with van der Waals surface area (Å²) in [6.45, 7) is -0.0618. The van der Waals surface area contributed by atoms with Crippen molar-refractivity contribution in [3.8, 4) is 5.75 Å². The summed E-state index contributed by atoms with van der Waals surface area (Å²) in [5.41, 5.74) is 3.67. The van der Waals surface area contributed by atoms with Crippen molar-refractivity contribution in [1.29, 1.82) is 0 Å². The molecule has 2 atom stereocenters. The molecule has 2 aromatic carbocycles. The van der Waals surface area contributed by atoms with Crippen molar-refractivity contribution in [3.05, 3.63) is 109 Å². The van der Waals surface area contributed by atoms with E-state index in [1.54, 1.807) is 6.20 Å². The molecule has 0 saturated carbocycles. The molecule has 1 saturated heterocycles. The lowest BCUT2D eigenvalue weighted by molar-refractivity contribution is -0.118. The van der Waals surface area contributed by atoms with Crippen LogP contribution in [0.15, 0.2) is 97.5 Å². The Labute approximate surface area is 209 Å². The molecule has 1 aliphatic heterocycles. The highest BCUT2D eigenvalue weighted by Crippen LogP contribution is 2.41. The molecule has 7 nitrogen and oxygen atoms in total. The molecule has 176 valence electrons. The normalized spacial score (nSPS) is 17.2. The lowest BCUT2D eigenvalue weighted by Gasteiger charge is -2.27. The summed E-state index contributed by atoms with van der Waals surface area (Å²) in [5.74, 6) is 0.430. The van der Waals surface area contributed by atoms with E-state index < -0.39 is 0 Å². The van der Waals surface area contributed by atoms with E-state index >= 15 is 0 Å². The molecule has 5 rings (SSSR count). The maximum Gasteiger partial charge on any atom is 0.262 e. The highest BCUT2D eigenvalue weighted by molar-refractivity contribution is 7.80. The number of aromatic nitrogens is 2. The van der Waals surface area contributed by atoms with E-state index in [2.05, 4.69) is 32.8 Å². The van der Waals surface area contributed by atoms with Crippen LogP contribution in [0.5, 0.6) is 5.75 Å². The predicted octanol–water partition coefficient (Wildman–Crippen LogP) is 4.61. The van der Waals surface area contributed by atoms with Crippen molar-refractivity contribution in [3.63, 3.8) is 0 Å². The molecule has 0 bridgehead atoms. The number of hydrogen-bond acceptors (Lipinski definition) is 4. The second kappa shape index (κ2) is 9.99. The molecule has 0 spiro atoms. The monoisotopic (exact) mass is 483 g/mol. The molecule has 2 aromatic heterocycles. The Kier molecular flexibility index (Phi) is 6.45. The lowest BCUT2D eigenvalue weighted by atomic mass is 9.98. The number of nitrogens with zero attached hydrogens (tertiary/aromatic N) is 3. The van der Waals surface area contributed by atoms with Gasteiger partial charge in [0.1, 0.15) is 5.75 Å². The second-order valence-electron chi connectivity index (χ2n) is 8.30. The first kappa shape index (κ1) is 22.6. The minimum Gasteiger partial charge on any atom is -0.484 e. The van der Waals surface area contributed by atoms with Gasteiger partial charge in [0.25, 0.3) is 5.91 Å². The fraction of sp³-hybridized carbons (Fsp3) is 0.148. The number of amides is 1. The second-order valence-corrected chi connectivity index (χ2v) is 8.69. The first-order valence-corrected chi connectivity index (χ1v) is 11.7. The number of carbonyl (C=O) groups is 1. The number of rotatable bonds is 7. The van der Waals surface area contributed by atoms with Crippen molar-refractivity contribution in [2.75, 3.05) is 16.8 Å². The summed E-state index contributed by atoms with van der Waals surface area (Å²) in [6, 6.07) is 24.7. The predicted molar refractivity (Wildman–Crippen MR) is 140 cm³/mol. The van der Waals surface area contributed by atoms with E-state index in [1.807, 2.05) is 90.6 Å². The Morgan fingerprint density at radius 3 is 2.51 bits per heavy atom. The highest BCUT2D eigenvalue weighted by Gasteiger charge is 2.40. The van der Waals surface area contributed by atoms with Gasteiger partial charge in [0, 0.05) is 37.0 Å². The number of benzene rings is 2. The SMILES string of the molecule is Cn1ccc([C@H]2[C@@H](c3ccccn3)NC(=S)N2c2ccc(NC(=O)COc3ccccc3)cc2)c1. The first-order chi connectivity index (χ1) is 17.1. The molecule has 35 heavy (non-hydrogen) atoms. The summed E-state index contributed by atoms with van der Waals surface area (Å²) in [4.78, 5) is 19.0. The Bertz CT molecular complexity index is 1310. The molecule has 1 aliphatic rings. The summed E-state index contributed by atoms with van der Waals surface area (Å²) >= 11 is 5.76. The van der Waals surface area contributed by atoms with E-state index in [9.17, 15) is 4.79 Å². The van der Waals surface area contributed by atoms with Crippen LogP contribution in [-0.4, -0.2) is 27.2 Å². The summed E-state index contributed by atoms with van der Waals surface area (Å²) in [5, 5.41) is 6.96. The third kappa shape index (κ3) is 5.02. The van der Waals surface area contributed by atoms with Crippen LogP contribution in [0.25, 0.3) is 0 Å². The number of anilines is 2. The number of thiocarbonyl (C=S) groups is 1. The van der Waals surface area contributed by atoms with Crippen LogP contribution < -0.4 is 20.3 Å². The van der Waals surface area contributed by atoms with Crippen molar-refractivity contribution in [2.24, 2.45) is 7.05 Å². The van der Waals surface area contributed by atoms with Gasteiger partial charge < -0.3 is 24.8 Å². The Morgan fingerprint density at radius 2 is 1.83 bits per heavy atom. The Balaban J connectivity index is 1.34. The largest absolute Gasteiger partial charge is 0.484 e. The van der Waals surface area contributed by atoms with E-state index in [-0.39, 0.29) is 24.6 Å². The lowest BCUT2D eigenvalue weighted by Crippen LogP contribution is -2.29. The van der Waals surface area contributed by atoms with E-state index in [0.717, 1.165) is 16.9 Å². The number of carbonyl (C=O) groups excluding carboxylic acids is 1. The van der Waals surface area contributed by atoms with Crippen LogP contribution in [-0.2, 0) is 11.8 Å².